The Hall–Kier alpha value is -1.51. The molecule has 20 heavy (non-hydrogen) atoms. The first-order valence-electron chi connectivity index (χ1n) is 7.59. The van der Waals surface area contributed by atoms with Gasteiger partial charge in [-0.1, -0.05) is 32.0 Å². The van der Waals surface area contributed by atoms with Crippen LogP contribution in [0.25, 0.3) is 0 Å². The van der Waals surface area contributed by atoms with E-state index in [4.69, 9.17) is 10.5 Å². The molecule has 2 rings (SSSR count). The number of rotatable bonds is 4. The van der Waals surface area contributed by atoms with Gasteiger partial charge < -0.3 is 10.5 Å². The number of benzene rings is 1. The van der Waals surface area contributed by atoms with Crippen LogP contribution in [0.3, 0.4) is 0 Å². The van der Waals surface area contributed by atoms with E-state index in [1.165, 1.54) is 0 Å². The van der Waals surface area contributed by atoms with E-state index < -0.39 is 0 Å². The molecule has 2 N–H and O–H groups in total. The molecule has 0 radical (unpaired) electrons. The SMILES string of the molecule is CC1CCC(OC(=O)CCc2ccccc2N)CC1C. The summed E-state index contributed by atoms with van der Waals surface area (Å²) in [5.74, 6) is 1.29. The van der Waals surface area contributed by atoms with Gasteiger partial charge in [0.25, 0.3) is 0 Å². The van der Waals surface area contributed by atoms with Crippen molar-refractivity contribution in [1.82, 2.24) is 0 Å². The molecule has 3 unspecified atom stereocenters. The standard InChI is InChI=1S/C17H25NO2/c1-12-7-9-15(11-13(12)2)20-17(19)10-8-14-5-3-4-6-16(14)18/h3-6,12-13,15H,7-11,18H2,1-2H3. The van der Waals surface area contributed by atoms with E-state index in [1.54, 1.807) is 0 Å². The minimum absolute atomic E-state index is 0.0972. The summed E-state index contributed by atoms with van der Waals surface area (Å²) >= 11 is 0. The Balaban J connectivity index is 1.77. The second-order valence-corrected chi connectivity index (χ2v) is 6.08. The number of anilines is 1. The van der Waals surface area contributed by atoms with Crippen LogP contribution in [0.4, 0.5) is 5.69 Å². The molecule has 0 saturated heterocycles. The van der Waals surface area contributed by atoms with Crippen molar-refractivity contribution in [2.45, 2.75) is 52.1 Å². The lowest BCUT2D eigenvalue weighted by Crippen LogP contribution is -2.28. The van der Waals surface area contributed by atoms with Crippen molar-refractivity contribution in [2.24, 2.45) is 11.8 Å². The number of aryl methyl sites for hydroxylation is 1. The van der Waals surface area contributed by atoms with Gasteiger partial charge in [-0.15, -0.1) is 0 Å². The van der Waals surface area contributed by atoms with Crippen molar-refractivity contribution in [3.05, 3.63) is 29.8 Å². The summed E-state index contributed by atoms with van der Waals surface area (Å²) in [4.78, 5) is 11.9. The minimum Gasteiger partial charge on any atom is -0.462 e. The molecular formula is C17H25NO2. The number of carbonyl (C=O) groups excluding carboxylic acids is 1. The van der Waals surface area contributed by atoms with Crippen LogP contribution >= 0.6 is 0 Å². The number of hydrogen-bond donors (Lipinski definition) is 1. The summed E-state index contributed by atoms with van der Waals surface area (Å²) in [5, 5.41) is 0. The maximum Gasteiger partial charge on any atom is 0.306 e. The van der Waals surface area contributed by atoms with Crippen molar-refractivity contribution < 1.29 is 9.53 Å². The molecule has 3 nitrogen and oxygen atoms in total. The first-order chi connectivity index (χ1) is 9.56. The molecule has 1 aliphatic carbocycles. The summed E-state index contributed by atoms with van der Waals surface area (Å²) < 4.78 is 5.59. The molecule has 0 aromatic heterocycles. The largest absolute Gasteiger partial charge is 0.462 e. The summed E-state index contributed by atoms with van der Waals surface area (Å²) in [6.45, 7) is 4.52. The number of carbonyl (C=O) groups is 1. The van der Waals surface area contributed by atoms with Crippen LogP contribution in [-0.2, 0) is 16.0 Å². The maximum absolute atomic E-state index is 11.9. The summed E-state index contributed by atoms with van der Waals surface area (Å²) in [5.41, 5.74) is 7.65. The van der Waals surface area contributed by atoms with Crippen molar-refractivity contribution in [3.8, 4) is 0 Å². The van der Waals surface area contributed by atoms with Crippen LogP contribution in [0.2, 0.25) is 0 Å². The quantitative estimate of drug-likeness (QED) is 0.675. The molecule has 1 aliphatic rings. The Morgan fingerprint density at radius 2 is 2.00 bits per heavy atom. The second kappa shape index (κ2) is 6.78. The second-order valence-electron chi connectivity index (χ2n) is 6.08. The smallest absolute Gasteiger partial charge is 0.306 e. The maximum atomic E-state index is 11.9. The van der Waals surface area contributed by atoms with E-state index in [-0.39, 0.29) is 12.1 Å². The van der Waals surface area contributed by atoms with E-state index in [0.717, 1.165) is 36.4 Å². The van der Waals surface area contributed by atoms with E-state index in [1.807, 2.05) is 24.3 Å². The number of ether oxygens (including phenoxy) is 1. The Kier molecular flexibility index (Phi) is 5.05. The molecule has 110 valence electrons. The monoisotopic (exact) mass is 275 g/mol. The molecule has 0 aliphatic heterocycles. The fraction of sp³-hybridized carbons (Fsp3) is 0.588. The predicted molar refractivity (Wildman–Crippen MR) is 81.2 cm³/mol. The van der Waals surface area contributed by atoms with Gasteiger partial charge in [0.2, 0.25) is 0 Å². The topological polar surface area (TPSA) is 52.3 Å². The third-order valence-corrected chi connectivity index (χ3v) is 4.50. The van der Waals surface area contributed by atoms with Gasteiger partial charge in [-0.05, 0) is 49.1 Å². The van der Waals surface area contributed by atoms with E-state index in [2.05, 4.69) is 13.8 Å². The van der Waals surface area contributed by atoms with Gasteiger partial charge in [-0.25, -0.2) is 0 Å². The van der Waals surface area contributed by atoms with Crippen molar-refractivity contribution in [3.63, 3.8) is 0 Å². The van der Waals surface area contributed by atoms with Crippen molar-refractivity contribution >= 4 is 11.7 Å². The lowest BCUT2D eigenvalue weighted by molar-refractivity contribution is -0.151. The zero-order valence-electron chi connectivity index (χ0n) is 12.5. The molecule has 1 aromatic carbocycles. The van der Waals surface area contributed by atoms with Crippen molar-refractivity contribution in [2.75, 3.05) is 5.73 Å². The number of para-hydroxylation sites is 1. The molecule has 0 spiro atoms. The van der Waals surface area contributed by atoms with E-state index in [9.17, 15) is 4.79 Å². The fourth-order valence-electron chi connectivity index (χ4n) is 2.85. The average molecular weight is 275 g/mol. The zero-order chi connectivity index (χ0) is 14.5. The molecular weight excluding hydrogens is 250 g/mol. The lowest BCUT2D eigenvalue weighted by Gasteiger charge is -2.31. The van der Waals surface area contributed by atoms with Gasteiger partial charge in [0.1, 0.15) is 6.10 Å². The third-order valence-electron chi connectivity index (χ3n) is 4.50. The molecule has 0 heterocycles. The van der Waals surface area contributed by atoms with Crippen LogP contribution in [0.15, 0.2) is 24.3 Å². The Morgan fingerprint density at radius 3 is 2.70 bits per heavy atom. The summed E-state index contributed by atoms with van der Waals surface area (Å²) in [6, 6.07) is 7.68. The Bertz CT molecular complexity index is 458. The molecule has 1 aromatic rings. The van der Waals surface area contributed by atoms with Gasteiger partial charge in [0.15, 0.2) is 0 Å². The van der Waals surface area contributed by atoms with Gasteiger partial charge in [-0.2, -0.15) is 0 Å². The number of nitrogens with two attached hydrogens (primary N) is 1. The van der Waals surface area contributed by atoms with Gasteiger partial charge >= 0.3 is 5.97 Å². The summed E-state index contributed by atoms with van der Waals surface area (Å²) in [6.07, 6.45) is 4.34. The average Bonchev–Trinajstić information content (AvgIpc) is 2.42. The predicted octanol–water partition coefficient (Wildman–Crippen LogP) is 3.57. The highest BCUT2D eigenvalue weighted by Gasteiger charge is 2.26. The van der Waals surface area contributed by atoms with Crippen LogP contribution < -0.4 is 5.73 Å². The van der Waals surface area contributed by atoms with Gasteiger partial charge in [-0.3, -0.25) is 4.79 Å². The van der Waals surface area contributed by atoms with E-state index >= 15 is 0 Å². The minimum atomic E-state index is -0.0972. The van der Waals surface area contributed by atoms with Gasteiger partial charge in [0, 0.05) is 12.1 Å². The van der Waals surface area contributed by atoms with Crippen LogP contribution in [0.1, 0.15) is 45.1 Å². The highest BCUT2D eigenvalue weighted by atomic mass is 16.5. The zero-order valence-corrected chi connectivity index (χ0v) is 12.5. The number of esters is 1. The lowest BCUT2D eigenvalue weighted by atomic mass is 9.80. The van der Waals surface area contributed by atoms with Crippen LogP contribution in [0, 0.1) is 11.8 Å². The van der Waals surface area contributed by atoms with Crippen LogP contribution in [0.5, 0.6) is 0 Å². The summed E-state index contributed by atoms with van der Waals surface area (Å²) in [7, 11) is 0. The normalized spacial score (nSPS) is 26.2. The molecule has 3 atom stereocenters. The Morgan fingerprint density at radius 1 is 1.25 bits per heavy atom. The molecule has 0 amide bonds. The van der Waals surface area contributed by atoms with E-state index in [0.29, 0.717) is 18.8 Å². The fourth-order valence-corrected chi connectivity index (χ4v) is 2.85. The van der Waals surface area contributed by atoms with Crippen molar-refractivity contribution in [1.29, 1.82) is 0 Å². The first-order valence-corrected chi connectivity index (χ1v) is 7.59. The molecule has 1 saturated carbocycles. The highest BCUT2D eigenvalue weighted by Crippen LogP contribution is 2.31. The molecule has 1 fully saturated rings. The molecule has 3 heteroatoms. The van der Waals surface area contributed by atoms with Gasteiger partial charge in [0.05, 0.1) is 0 Å². The number of hydrogen-bond acceptors (Lipinski definition) is 3. The highest BCUT2D eigenvalue weighted by molar-refractivity contribution is 5.70. The first kappa shape index (κ1) is 14.9. The third kappa shape index (κ3) is 3.99. The van der Waals surface area contributed by atoms with Crippen LogP contribution in [-0.4, -0.2) is 12.1 Å². The Labute approximate surface area is 121 Å². The molecule has 0 bridgehead atoms. The number of nitrogen functional groups attached to an aromatic ring is 1.